The summed E-state index contributed by atoms with van der Waals surface area (Å²) in [6.07, 6.45) is 0.970. The largest absolute Gasteiger partial charge is 0.309 e. The maximum Gasteiger partial charge on any atom is 0.123 e. The highest BCUT2D eigenvalue weighted by Gasteiger charge is 2.23. The number of benzene rings is 2. The van der Waals surface area contributed by atoms with Crippen LogP contribution in [-0.2, 0) is 6.42 Å². The number of halogens is 1. The van der Waals surface area contributed by atoms with Crippen LogP contribution in [0.15, 0.2) is 52.3 Å². The molecule has 0 saturated carbocycles. The van der Waals surface area contributed by atoms with Crippen molar-refractivity contribution in [1.29, 1.82) is 0 Å². The summed E-state index contributed by atoms with van der Waals surface area (Å²) in [5.41, 5.74) is 2.51. The van der Waals surface area contributed by atoms with Crippen molar-refractivity contribution >= 4 is 23.5 Å². The lowest BCUT2D eigenvalue weighted by atomic mass is 10.0. The summed E-state index contributed by atoms with van der Waals surface area (Å²) in [6, 6.07) is 13.8. The number of nitrogens with zero attached hydrogens (tertiary/aromatic N) is 1. The first-order chi connectivity index (χ1) is 10.6. The molecule has 2 aromatic carbocycles. The quantitative estimate of drug-likeness (QED) is 0.786. The van der Waals surface area contributed by atoms with E-state index in [4.69, 9.17) is 0 Å². The van der Waals surface area contributed by atoms with E-state index in [9.17, 15) is 4.39 Å². The molecule has 0 amide bonds. The van der Waals surface area contributed by atoms with Gasteiger partial charge in [-0.3, -0.25) is 0 Å². The molecular formula is C18H20FNS2. The van der Waals surface area contributed by atoms with Crippen LogP contribution in [0.5, 0.6) is 0 Å². The summed E-state index contributed by atoms with van der Waals surface area (Å²) in [7, 11) is 4.18. The zero-order valence-corrected chi connectivity index (χ0v) is 14.5. The average molecular weight is 333 g/mol. The summed E-state index contributed by atoms with van der Waals surface area (Å²) < 4.78 is 13.8. The molecule has 1 aliphatic rings. The zero-order valence-electron chi connectivity index (χ0n) is 12.9. The molecule has 0 radical (unpaired) electrons. The normalized spacial score (nSPS) is 17.0. The van der Waals surface area contributed by atoms with Crippen molar-refractivity contribution in [3.05, 3.63) is 59.4 Å². The van der Waals surface area contributed by atoms with Crippen LogP contribution in [-0.4, -0.2) is 31.3 Å². The van der Waals surface area contributed by atoms with Crippen molar-refractivity contribution in [3.63, 3.8) is 0 Å². The van der Waals surface area contributed by atoms with Gasteiger partial charge >= 0.3 is 0 Å². The minimum Gasteiger partial charge on any atom is -0.309 e. The fourth-order valence-electron chi connectivity index (χ4n) is 2.59. The molecule has 116 valence electrons. The van der Waals surface area contributed by atoms with Gasteiger partial charge in [0.15, 0.2) is 0 Å². The topological polar surface area (TPSA) is 3.24 Å². The van der Waals surface area contributed by atoms with Gasteiger partial charge in [-0.25, -0.2) is 4.39 Å². The van der Waals surface area contributed by atoms with E-state index in [1.807, 2.05) is 17.8 Å². The third-order valence-electron chi connectivity index (χ3n) is 3.77. The Morgan fingerprint density at radius 3 is 2.82 bits per heavy atom. The Hall–Kier alpha value is -0.970. The first kappa shape index (κ1) is 15.9. The van der Waals surface area contributed by atoms with Crippen LogP contribution in [0.3, 0.4) is 0 Å². The van der Waals surface area contributed by atoms with E-state index >= 15 is 0 Å². The number of hydrogen-bond donors (Lipinski definition) is 0. The summed E-state index contributed by atoms with van der Waals surface area (Å²) >= 11 is 3.70. The lowest BCUT2D eigenvalue weighted by Crippen LogP contribution is -2.15. The predicted octanol–water partition coefficient (Wildman–Crippen LogP) is 4.87. The molecule has 1 aliphatic heterocycles. The van der Waals surface area contributed by atoms with Crippen molar-refractivity contribution in [2.75, 3.05) is 26.4 Å². The van der Waals surface area contributed by atoms with Gasteiger partial charge < -0.3 is 4.90 Å². The van der Waals surface area contributed by atoms with Gasteiger partial charge in [0.1, 0.15) is 5.82 Å². The van der Waals surface area contributed by atoms with E-state index in [0.29, 0.717) is 5.25 Å². The van der Waals surface area contributed by atoms with E-state index in [0.717, 1.165) is 24.3 Å². The summed E-state index contributed by atoms with van der Waals surface area (Å²) in [6.45, 7) is 1.04. The van der Waals surface area contributed by atoms with Crippen LogP contribution in [0.1, 0.15) is 16.4 Å². The van der Waals surface area contributed by atoms with E-state index in [1.54, 1.807) is 23.9 Å². The van der Waals surface area contributed by atoms with Gasteiger partial charge in [-0.1, -0.05) is 30.0 Å². The summed E-state index contributed by atoms with van der Waals surface area (Å²) in [5.74, 6) is 0.920. The minimum atomic E-state index is -0.136. The smallest absolute Gasteiger partial charge is 0.123 e. The highest BCUT2D eigenvalue weighted by molar-refractivity contribution is 8.00. The second-order valence-corrected chi connectivity index (χ2v) is 8.15. The Balaban J connectivity index is 1.92. The second-order valence-electron chi connectivity index (χ2n) is 5.76. The van der Waals surface area contributed by atoms with Crippen molar-refractivity contribution in [3.8, 4) is 0 Å². The third-order valence-corrected chi connectivity index (χ3v) is 6.23. The second kappa shape index (κ2) is 7.07. The third kappa shape index (κ3) is 3.67. The van der Waals surface area contributed by atoms with Crippen LogP contribution in [0.25, 0.3) is 0 Å². The molecule has 22 heavy (non-hydrogen) atoms. The molecule has 0 aliphatic carbocycles. The maximum absolute atomic E-state index is 13.8. The molecule has 2 aromatic rings. The van der Waals surface area contributed by atoms with Gasteiger partial charge in [0.2, 0.25) is 0 Å². The Kier molecular flexibility index (Phi) is 5.11. The first-order valence-electron chi connectivity index (χ1n) is 7.45. The Bertz CT molecular complexity index is 657. The van der Waals surface area contributed by atoms with Gasteiger partial charge in [0.05, 0.1) is 0 Å². The fraction of sp³-hybridized carbons (Fsp3) is 0.333. The maximum atomic E-state index is 13.8. The highest BCUT2D eigenvalue weighted by Crippen LogP contribution is 2.45. The Labute approximate surface area is 140 Å². The molecule has 0 spiro atoms. The standard InChI is InChI=1S/C18H20FNS2/c1-20(2)9-10-21-18-11-13-5-3-4-6-16(13)22-17-8-7-14(19)12-15(17)18/h3-8,12,18H,9-11H2,1-2H3. The highest BCUT2D eigenvalue weighted by atomic mass is 32.2. The van der Waals surface area contributed by atoms with Crippen molar-refractivity contribution in [2.45, 2.75) is 21.5 Å². The van der Waals surface area contributed by atoms with Gasteiger partial charge in [-0.15, -0.1) is 0 Å². The molecule has 3 rings (SSSR count). The molecule has 1 heterocycles. The number of fused-ring (bicyclic) bond motifs is 2. The Morgan fingerprint density at radius 1 is 1.18 bits per heavy atom. The SMILES string of the molecule is CN(C)CCSC1Cc2ccccc2Sc2ccc(F)cc21. The molecule has 0 saturated heterocycles. The van der Waals surface area contributed by atoms with E-state index in [2.05, 4.69) is 43.3 Å². The molecule has 1 nitrogen and oxygen atoms in total. The number of thioether (sulfide) groups is 1. The number of hydrogen-bond acceptors (Lipinski definition) is 3. The van der Waals surface area contributed by atoms with Crippen molar-refractivity contribution in [2.24, 2.45) is 0 Å². The summed E-state index contributed by atoms with van der Waals surface area (Å²) in [5, 5.41) is 0.321. The van der Waals surface area contributed by atoms with E-state index in [-0.39, 0.29) is 5.82 Å². The number of rotatable bonds is 4. The van der Waals surface area contributed by atoms with E-state index in [1.165, 1.54) is 15.4 Å². The van der Waals surface area contributed by atoms with Gasteiger partial charge in [-0.2, -0.15) is 11.8 Å². The molecule has 1 atom stereocenters. The first-order valence-corrected chi connectivity index (χ1v) is 9.31. The molecule has 1 unspecified atom stereocenters. The minimum absolute atomic E-state index is 0.136. The molecule has 0 bridgehead atoms. The molecule has 0 fully saturated rings. The lowest BCUT2D eigenvalue weighted by Gasteiger charge is -2.18. The van der Waals surface area contributed by atoms with Crippen LogP contribution < -0.4 is 0 Å². The molecule has 4 heteroatoms. The van der Waals surface area contributed by atoms with Crippen molar-refractivity contribution in [1.82, 2.24) is 4.90 Å². The van der Waals surface area contributed by atoms with Crippen LogP contribution in [0, 0.1) is 5.82 Å². The van der Waals surface area contributed by atoms with Crippen LogP contribution in [0.2, 0.25) is 0 Å². The summed E-state index contributed by atoms with van der Waals surface area (Å²) in [4.78, 5) is 4.68. The lowest BCUT2D eigenvalue weighted by molar-refractivity contribution is 0.437. The average Bonchev–Trinajstić information content (AvgIpc) is 2.64. The van der Waals surface area contributed by atoms with Crippen LogP contribution >= 0.6 is 23.5 Å². The Morgan fingerprint density at radius 2 is 2.00 bits per heavy atom. The van der Waals surface area contributed by atoms with Gasteiger partial charge in [0, 0.05) is 27.3 Å². The van der Waals surface area contributed by atoms with E-state index < -0.39 is 0 Å². The zero-order chi connectivity index (χ0) is 15.5. The predicted molar refractivity (Wildman–Crippen MR) is 94.4 cm³/mol. The van der Waals surface area contributed by atoms with Gasteiger partial charge in [-0.05, 0) is 55.9 Å². The van der Waals surface area contributed by atoms with Gasteiger partial charge in [0.25, 0.3) is 0 Å². The monoisotopic (exact) mass is 333 g/mol. The van der Waals surface area contributed by atoms with Crippen LogP contribution in [0.4, 0.5) is 4.39 Å². The molecular weight excluding hydrogens is 313 g/mol. The fourth-order valence-corrected chi connectivity index (χ4v) is 5.21. The molecule has 0 aromatic heterocycles. The molecule has 0 N–H and O–H groups in total. The van der Waals surface area contributed by atoms with Crippen molar-refractivity contribution < 1.29 is 4.39 Å².